The van der Waals surface area contributed by atoms with Gasteiger partial charge in [-0.05, 0) is 44.3 Å². The lowest BCUT2D eigenvalue weighted by Gasteiger charge is -2.27. The van der Waals surface area contributed by atoms with Gasteiger partial charge in [-0.25, -0.2) is 4.79 Å². The van der Waals surface area contributed by atoms with Gasteiger partial charge in [-0.3, -0.25) is 0 Å². The smallest absolute Gasteiger partial charge is 0.407 e. The van der Waals surface area contributed by atoms with Crippen molar-refractivity contribution < 1.29 is 9.53 Å². The van der Waals surface area contributed by atoms with Crippen molar-refractivity contribution in [1.82, 2.24) is 10.6 Å². The second-order valence-corrected chi connectivity index (χ2v) is 5.04. The number of ether oxygens (including phenoxy) is 1. The van der Waals surface area contributed by atoms with Gasteiger partial charge >= 0.3 is 6.09 Å². The number of alkyl carbamates (subject to hydrolysis) is 1. The van der Waals surface area contributed by atoms with E-state index in [-0.39, 0.29) is 12.2 Å². The molecular formula is C15H22N2O2. The van der Waals surface area contributed by atoms with Crippen LogP contribution in [0.2, 0.25) is 0 Å². The van der Waals surface area contributed by atoms with Crippen LogP contribution in [0.4, 0.5) is 4.79 Å². The van der Waals surface area contributed by atoms with Crippen LogP contribution in [0.3, 0.4) is 0 Å². The van der Waals surface area contributed by atoms with E-state index in [1.165, 1.54) is 0 Å². The monoisotopic (exact) mass is 262 g/mol. The maximum Gasteiger partial charge on any atom is 0.407 e. The van der Waals surface area contributed by atoms with Gasteiger partial charge in [-0.15, -0.1) is 0 Å². The summed E-state index contributed by atoms with van der Waals surface area (Å²) in [4.78, 5) is 11.7. The number of carbonyl (C=O) groups is 1. The molecule has 0 radical (unpaired) electrons. The summed E-state index contributed by atoms with van der Waals surface area (Å²) >= 11 is 0. The van der Waals surface area contributed by atoms with Crippen molar-refractivity contribution in [1.29, 1.82) is 0 Å². The molecule has 1 aliphatic rings. The van der Waals surface area contributed by atoms with Crippen molar-refractivity contribution in [2.24, 2.45) is 5.92 Å². The zero-order valence-electron chi connectivity index (χ0n) is 11.4. The summed E-state index contributed by atoms with van der Waals surface area (Å²) in [5, 5.41) is 6.11. The van der Waals surface area contributed by atoms with Gasteiger partial charge in [0.15, 0.2) is 0 Å². The molecule has 4 nitrogen and oxygen atoms in total. The molecule has 104 valence electrons. The lowest BCUT2D eigenvalue weighted by atomic mass is 9.93. The first-order valence-corrected chi connectivity index (χ1v) is 6.95. The molecular weight excluding hydrogens is 240 g/mol. The lowest BCUT2D eigenvalue weighted by molar-refractivity contribution is 0.0616. The fourth-order valence-corrected chi connectivity index (χ4v) is 2.39. The van der Waals surface area contributed by atoms with Gasteiger partial charge in [0, 0.05) is 6.54 Å². The molecule has 1 saturated heterocycles. The molecule has 1 amide bonds. The van der Waals surface area contributed by atoms with E-state index in [1.807, 2.05) is 37.3 Å². The van der Waals surface area contributed by atoms with Crippen LogP contribution in [-0.4, -0.2) is 25.3 Å². The van der Waals surface area contributed by atoms with E-state index in [0.29, 0.717) is 12.5 Å². The minimum Gasteiger partial charge on any atom is -0.446 e. The number of carbonyl (C=O) groups excluding carboxylic acids is 1. The Morgan fingerprint density at radius 2 is 2.05 bits per heavy atom. The van der Waals surface area contributed by atoms with E-state index < -0.39 is 0 Å². The first-order valence-electron chi connectivity index (χ1n) is 6.95. The molecule has 1 unspecified atom stereocenters. The van der Waals surface area contributed by atoms with E-state index in [2.05, 4.69) is 10.6 Å². The van der Waals surface area contributed by atoms with Crippen LogP contribution >= 0.6 is 0 Å². The van der Waals surface area contributed by atoms with Crippen molar-refractivity contribution in [2.75, 3.05) is 13.1 Å². The van der Waals surface area contributed by atoms with Crippen molar-refractivity contribution >= 4 is 6.09 Å². The molecule has 0 saturated carbocycles. The van der Waals surface area contributed by atoms with Gasteiger partial charge in [-0.2, -0.15) is 0 Å². The van der Waals surface area contributed by atoms with E-state index in [4.69, 9.17) is 4.74 Å². The molecule has 1 heterocycles. The zero-order valence-corrected chi connectivity index (χ0v) is 11.4. The number of nitrogens with one attached hydrogen (secondary N) is 2. The van der Waals surface area contributed by atoms with Crippen LogP contribution in [0, 0.1) is 5.92 Å². The van der Waals surface area contributed by atoms with Crippen molar-refractivity contribution in [2.45, 2.75) is 32.4 Å². The number of hydrogen-bond acceptors (Lipinski definition) is 3. The molecule has 1 aliphatic heterocycles. The van der Waals surface area contributed by atoms with Crippen molar-refractivity contribution in [3.63, 3.8) is 0 Å². The number of amides is 1. The molecule has 0 aliphatic carbocycles. The molecule has 1 aromatic rings. The predicted octanol–water partition coefficient (Wildman–Crippen LogP) is 2.30. The normalized spacial score (nSPS) is 17.7. The van der Waals surface area contributed by atoms with Gasteiger partial charge in [0.2, 0.25) is 0 Å². The van der Waals surface area contributed by atoms with Crippen LogP contribution in [0.15, 0.2) is 30.3 Å². The topological polar surface area (TPSA) is 50.4 Å². The standard InChI is InChI=1S/C15H22N2O2/c1-12(14-7-9-16-10-8-14)19-15(18)17-11-13-5-3-2-4-6-13/h2-6,12,14,16H,7-11H2,1H3,(H,17,18). The number of piperidine rings is 1. The van der Waals surface area contributed by atoms with Gasteiger partial charge in [0.05, 0.1) is 0 Å². The average molecular weight is 262 g/mol. The molecule has 1 fully saturated rings. The average Bonchev–Trinajstić information content (AvgIpc) is 2.47. The summed E-state index contributed by atoms with van der Waals surface area (Å²) in [6.45, 7) is 4.53. The summed E-state index contributed by atoms with van der Waals surface area (Å²) in [5.74, 6) is 0.476. The van der Waals surface area contributed by atoms with Crippen molar-refractivity contribution in [3.8, 4) is 0 Å². The first-order chi connectivity index (χ1) is 9.25. The maximum atomic E-state index is 11.7. The minimum absolute atomic E-state index is 0.0159. The first kappa shape index (κ1) is 13.9. The Balaban J connectivity index is 1.71. The second-order valence-electron chi connectivity index (χ2n) is 5.04. The summed E-state index contributed by atoms with van der Waals surface area (Å²) in [7, 11) is 0. The summed E-state index contributed by atoms with van der Waals surface area (Å²) in [5.41, 5.74) is 1.08. The largest absolute Gasteiger partial charge is 0.446 e. The molecule has 0 bridgehead atoms. The Morgan fingerprint density at radius 1 is 1.37 bits per heavy atom. The Bertz CT molecular complexity index is 388. The number of rotatable bonds is 4. The van der Waals surface area contributed by atoms with Crippen LogP contribution in [-0.2, 0) is 11.3 Å². The van der Waals surface area contributed by atoms with Crippen LogP contribution < -0.4 is 10.6 Å². The third kappa shape index (κ3) is 4.56. The van der Waals surface area contributed by atoms with Gasteiger partial charge < -0.3 is 15.4 Å². The SMILES string of the molecule is CC(OC(=O)NCc1ccccc1)C1CCNCC1. The summed E-state index contributed by atoms with van der Waals surface area (Å²) in [6.07, 6.45) is 1.81. The maximum absolute atomic E-state index is 11.7. The van der Waals surface area contributed by atoms with Gasteiger partial charge in [0.1, 0.15) is 6.10 Å². The van der Waals surface area contributed by atoms with E-state index in [9.17, 15) is 4.79 Å². The van der Waals surface area contributed by atoms with E-state index >= 15 is 0 Å². The highest BCUT2D eigenvalue weighted by Crippen LogP contribution is 2.18. The fraction of sp³-hybridized carbons (Fsp3) is 0.533. The second kappa shape index (κ2) is 7.14. The number of hydrogen-bond donors (Lipinski definition) is 2. The molecule has 4 heteroatoms. The molecule has 2 N–H and O–H groups in total. The Kier molecular flexibility index (Phi) is 5.21. The highest BCUT2D eigenvalue weighted by molar-refractivity contribution is 5.67. The van der Waals surface area contributed by atoms with Gasteiger partial charge in [-0.1, -0.05) is 30.3 Å². The van der Waals surface area contributed by atoms with Crippen LogP contribution in [0.25, 0.3) is 0 Å². The van der Waals surface area contributed by atoms with E-state index in [0.717, 1.165) is 31.5 Å². The fourth-order valence-electron chi connectivity index (χ4n) is 2.39. The Labute approximate surface area is 114 Å². The highest BCUT2D eigenvalue weighted by Gasteiger charge is 2.22. The third-order valence-electron chi connectivity index (χ3n) is 3.62. The summed E-state index contributed by atoms with van der Waals surface area (Å²) < 4.78 is 5.43. The highest BCUT2D eigenvalue weighted by atomic mass is 16.6. The zero-order chi connectivity index (χ0) is 13.5. The molecule has 2 rings (SSSR count). The molecule has 1 aromatic carbocycles. The quantitative estimate of drug-likeness (QED) is 0.875. The Morgan fingerprint density at radius 3 is 2.74 bits per heavy atom. The van der Waals surface area contributed by atoms with Crippen LogP contribution in [0.1, 0.15) is 25.3 Å². The molecule has 1 atom stereocenters. The molecule has 0 spiro atoms. The van der Waals surface area contributed by atoms with Crippen molar-refractivity contribution in [3.05, 3.63) is 35.9 Å². The third-order valence-corrected chi connectivity index (χ3v) is 3.62. The summed E-state index contributed by atoms with van der Waals surface area (Å²) in [6, 6.07) is 9.84. The van der Waals surface area contributed by atoms with Crippen LogP contribution in [0.5, 0.6) is 0 Å². The Hall–Kier alpha value is -1.55. The predicted molar refractivity (Wildman–Crippen MR) is 74.8 cm³/mol. The minimum atomic E-state index is -0.324. The number of benzene rings is 1. The molecule has 19 heavy (non-hydrogen) atoms. The lowest BCUT2D eigenvalue weighted by Crippen LogP contribution is -2.37. The molecule has 0 aromatic heterocycles. The van der Waals surface area contributed by atoms with E-state index in [1.54, 1.807) is 0 Å². The van der Waals surface area contributed by atoms with Gasteiger partial charge in [0.25, 0.3) is 0 Å².